The molecule has 1 aromatic carbocycles. The molecule has 4 fully saturated rings. The third-order valence-electron chi connectivity index (χ3n) is 9.28. The monoisotopic (exact) mass is 553 g/mol. The lowest BCUT2D eigenvalue weighted by molar-refractivity contribution is -0.148. The molecule has 12 heteroatoms. The Labute approximate surface area is 228 Å². The Hall–Kier alpha value is -3.70. The number of carbonyl (C=O) groups excluding carboxylic acids is 2. The molecule has 3 aliphatic carbocycles. The van der Waals surface area contributed by atoms with Gasteiger partial charge in [-0.05, 0) is 61.8 Å². The van der Waals surface area contributed by atoms with Crippen molar-refractivity contribution in [1.82, 2.24) is 30.0 Å². The van der Waals surface area contributed by atoms with E-state index in [1.54, 1.807) is 11.1 Å². The van der Waals surface area contributed by atoms with Gasteiger partial charge in [0.15, 0.2) is 5.82 Å². The van der Waals surface area contributed by atoms with Gasteiger partial charge in [0, 0.05) is 60.5 Å². The fourth-order valence-electron chi connectivity index (χ4n) is 7.02. The molecule has 8 rings (SSSR count). The van der Waals surface area contributed by atoms with Gasteiger partial charge in [-0.1, -0.05) is 6.92 Å². The van der Waals surface area contributed by atoms with E-state index in [9.17, 15) is 22.8 Å². The average molecular weight is 554 g/mol. The summed E-state index contributed by atoms with van der Waals surface area (Å²) in [6, 6.07) is 7.62. The number of amides is 2. The standard InChI is InChI=1S/C28H30F3N7O2/c1-16-14-36(7-5-19(16)25(40)37-8-9-38-23(15-37)34-35-26(38)28(29,30)31)22-4-6-32-21-10-18(2-3-20(21)22)24(39)33-27-11-17(12-27)13-27/h2-4,6,10,16-17,19H,5,7-9,11-15H2,1H3,(H,33,39)/t16-,17?,19+,27?/m1/s1. The van der Waals surface area contributed by atoms with Crippen LogP contribution < -0.4 is 10.2 Å². The van der Waals surface area contributed by atoms with Gasteiger partial charge in [0.05, 0.1) is 12.1 Å². The first-order chi connectivity index (χ1) is 19.1. The maximum atomic E-state index is 13.4. The predicted molar refractivity (Wildman–Crippen MR) is 139 cm³/mol. The highest BCUT2D eigenvalue weighted by Gasteiger charge is 2.57. The number of pyridine rings is 1. The molecular formula is C28H30F3N7O2. The van der Waals surface area contributed by atoms with Crippen LogP contribution in [0.1, 0.15) is 54.6 Å². The fraction of sp³-hybridized carbons (Fsp3) is 0.536. The molecule has 2 aliphatic heterocycles. The molecule has 1 N–H and O–H groups in total. The second-order valence-electron chi connectivity index (χ2n) is 11.9. The van der Waals surface area contributed by atoms with Crippen molar-refractivity contribution >= 4 is 28.4 Å². The van der Waals surface area contributed by atoms with Crippen molar-refractivity contribution in [2.24, 2.45) is 17.8 Å². The predicted octanol–water partition coefficient (Wildman–Crippen LogP) is 3.63. The third kappa shape index (κ3) is 4.10. The molecule has 210 valence electrons. The third-order valence-corrected chi connectivity index (χ3v) is 9.28. The van der Waals surface area contributed by atoms with Gasteiger partial charge in [0.25, 0.3) is 5.91 Å². The lowest BCUT2D eigenvalue weighted by Crippen LogP contribution is -2.68. The Kier molecular flexibility index (Phi) is 5.63. The van der Waals surface area contributed by atoms with E-state index in [0.29, 0.717) is 25.1 Å². The number of carbonyl (C=O) groups is 2. The van der Waals surface area contributed by atoms with Crippen molar-refractivity contribution in [3.05, 3.63) is 47.7 Å². The first-order valence-corrected chi connectivity index (χ1v) is 13.8. The summed E-state index contributed by atoms with van der Waals surface area (Å²) in [4.78, 5) is 34.7. The van der Waals surface area contributed by atoms with Crippen LogP contribution in [0.2, 0.25) is 0 Å². The summed E-state index contributed by atoms with van der Waals surface area (Å²) >= 11 is 0. The lowest BCUT2D eigenvalue weighted by atomic mass is 9.50. The van der Waals surface area contributed by atoms with E-state index in [1.807, 2.05) is 31.2 Å². The molecule has 2 amide bonds. The van der Waals surface area contributed by atoms with Crippen LogP contribution >= 0.6 is 0 Å². The zero-order valence-electron chi connectivity index (χ0n) is 22.1. The van der Waals surface area contributed by atoms with Crippen molar-refractivity contribution in [3.63, 3.8) is 0 Å². The number of benzene rings is 1. The van der Waals surface area contributed by atoms with Crippen LogP contribution in [-0.2, 0) is 24.1 Å². The quantitative estimate of drug-likeness (QED) is 0.530. The normalized spacial score (nSPS) is 27.6. The van der Waals surface area contributed by atoms with Crippen LogP contribution in [0.15, 0.2) is 30.5 Å². The molecule has 3 aromatic rings. The molecule has 2 bridgehead atoms. The molecule has 5 aliphatic rings. The Morgan fingerprint density at radius 2 is 1.88 bits per heavy atom. The zero-order chi connectivity index (χ0) is 27.8. The average Bonchev–Trinajstić information content (AvgIpc) is 3.33. The van der Waals surface area contributed by atoms with Crippen LogP contribution in [0.5, 0.6) is 0 Å². The minimum absolute atomic E-state index is 0.0157. The smallest absolute Gasteiger partial charge is 0.371 e. The molecule has 2 aromatic heterocycles. The molecule has 0 radical (unpaired) electrons. The van der Waals surface area contributed by atoms with Crippen LogP contribution in [-0.4, -0.2) is 61.6 Å². The van der Waals surface area contributed by atoms with E-state index in [0.717, 1.165) is 46.3 Å². The van der Waals surface area contributed by atoms with Crippen LogP contribution in [0.3, 0.4) is 0 Å². The molecule has 4 heterocycles. The molecular weight excluding hydrogens is 523 g/mol. The summed E-state index contributed by atoms with van der Waals surface area (Å²) in [6.07, 6.45) is 1.07. The van der Waals surface area contributed by atoms with E-state index in [4.69, 9.17) is 0 Å². The maximum absolute atomic E-state index is 13.4. The molecule has 3 saturated carbocycles. The number of nitrogens with zero attached hydrogens (tertiary/aromatic N) is 6. The fourth-order valence-corrected chi connectivity index (χ4v) is 7.02. The Morgan fingerprint density at radius 1 is 1.07 bits per heavy atom. The Bertz CT molecular complexity index is 1500. The number of aromatic nitrogens is 4. The second kappa shape index (κ2) is 8.90. The number of alkyl halides is 3. The number of nitrogens with one attached hydrogen (secondary N) is 1. The zero-order valence-corrected chi connectivity index (χ0v) is 22.1. The minimum atomic E-state index is -4.57. The molecule has 40 heavy (non-hydrogen) atoms. The SMILES string of the molecule is C[C@@H]1CN(c2ccnc3cc(C(=O)NC45CC(C4)C5)ccc23)CC[C@@H]1C(=O)N1CCn2c(nnc2C(F)(F)F)C1. The number of hydrogen-bond donors (Lipinski definition) is 1. The Balaban J connectivity index is 1.03. The highest BCUT2D eigenvalue weighted by Crippen LogP contribution is 2.57. The van der Waals surface area contributed by atoms with Crippen molar-refractivity contribution in [2.75, 3.05) is 24.5 Å². The molecule has 9 nitrogen and oxygen atoms in total. The van der Waals surface area contributed by atoms with Gasteiger partial charge in [-0.2, -0.15) is 13.2 Å². The number of piperidine rings is 1. The summed E-state index contributed by atoms with van der Waals surface area (Å²) < 4.78 is 40.6. The van der Waals surface area contributed by atoms with Gasteiger partial charge in [-0.3, -0.25) is 14.6 Å². The van der Waals surface area contributed by atoms with Gasteiger partial charge in [0.2, 0.25) is 11.7 Å². The molecule has 1 saturated heterocycles. The number of fused-ring (bicyclic) bond motifs is 2. The van der Waals surface area contributed by atoms with Crippen molar-refractivity contribution in [3.8, 4) is 0 Å². The van der Waals surface area contributed by atoms with Crippen LogP contribution in [0.25, 0.3) is 10.9 Å². The summed E-state index contributed by atoms with van der Waals surface area (Å²) in [7, 11) is 0. The lowest BCUT2D eigenvalue weighted by Gasteiger charge is -2.61. The molecule has 2 atom stereocenters. The first-order valence-electron chi connectivity index (χ1n) is 13.8. The van der Waals surface area contributed by atoms with Gasteiger partial charge in [0.1, 0.15) is 0 Å². The van der Waals surface area contributed by atoms with Gasteiger partial charge in [-0.25, -0.2) is 0 Å². The van der Waals surface area contributed by atoms with Crippen molar-refractivity contribution in [2.45, 2.75) is 57.4 Å². The van der Waals surface area contributed by atoms with Gasteiger partial charge in [-0.15, -0.1) is 10.2 Å². The number of halogens is 3. The van der Waals surface area contributed by atoms with E-state index >= 15 is 0 Å². The topological polar surface area (TPSA) is 96.2 Å². The van der Waals surface area contributed by atoms with Gasteiger partial charge < -0.3 is 19.7 Å². The van der Waals surface area contributed by atoms with Gasteiger partial charge >= 0.3 is 6.18 Å². The first kappa shape index (κ1) is 25.3. The summed E-state index contributed by atoms with van der Waals surface area (Å²) in [5, 5.41) is 11.2. The van der Waals surface area contributed by atoms with Crippen LogP contribution in [0, 0.1) is 17.8 Å². The van der Waals surface area contributed by atoms with Crippen molar-refractivity contribution in [1.29, 1.82) is 0 Å². The van der Waals surface area contributed by atoms with Crippen molar-refractivity contribution < 1.29 is 22.8 Å². The number of hydrogen-bond acceptors (Lipinski definition) is 6. The number of rotatable bonds is 4. The molecule has 0 spiro atoms. The summed E-state index contributed by atoms with van der Waals surface area (Å²) in [5.74, 6) is -0.349. The van der Waals surface area contributed by atoms with E-state index in [1.165, 1.54) is 0 Å². The Morgan fingerprint density at radius 3 is 2.58 bits per heavy atom. The van der Waals surface area contributed by atoms with E-state index in [2.05, 4.69) is 25.4 Å². The largest absolute Gasteiger partial charge is 0.451 e. The summed E-state index contributed by atoms with van der Waals surface area (Å²) in [5.41, 5.74) is 2.39. The number of anilines is 1. The maximum Gasteiger partial charge on any atom is 0.451 e. The van der Waals surface area contributed by atoms with Crippen LogP contribution in [0.4, 0.5) is 18.9 Å². The molecule has 0 unspecified atom stereocenters. The summed E-state index contributed by atoms with van der Waals surface area (Å²) in [6.45, 7) is 3.62. The highest BCUT2D eigenvalue weighted by atomic mass is 19.4. The minimum Gasteiger partial charge on any atom is -0.371 e. The second-order valence-corrected chi connectivity index (χ2v) is 11.9. The van der Waals surface area contributed by atoms with E-state index < -0.39 is 12.0 Å². The highest BCUT2D eigenvalue weighted by molar-refractivity contribution is 6.01. The van der Waals surface area contributed by atoms with E-state index in [-0.39, 0.29) is 54.6 Å².